The molecule has 1 aromatic carbocycles. The molecular weight excluding hydrogens is 254 g/mol. The zero-order valence-electron chi connectivity index (χ0n) is 11.4. The number of ether oxygens (including phenoxy) is 2. The van der Waals surface area contributed by atoms with E-state index in [0.717, 1.165) is 54.0 Å². The molecule has 1 aromatic heterocycles. The molecule has 2 aromatic rings. The molecule has 1 aliphatic heterocycles. The van der Waals surface area contributed by atoms with Crippen molar-refractivity contribution in [2.45, 2.75) is 37.6 Å². The van der Waals surface area contributed by atoms with Crippen LogP contribution in [0.1, 0.15) is 37.4 Å². The van der Waals surface area contributed by atoms with Gasteiger partial charge in [-0.25, -0.2) is 4.98 Å². The van der Waals surface area contributed by atoms with Gasteiger partial charge >= 0.3 is 0 Å². The van der Waals surface area contributed by atoms with Crippen LogP contribution >= 0.6 is 0 Å². The van der Waals surface area contributed by atoms with E-state index in [1.807, 2.05) is 12.1 Å². The van der Waals surface area contributed by atoms with Crippen LogP contribution in [-0.2, 0) is 0 Å². The molecule has 0 amide bonds. The van der Waals surface area contributed by atoms with Crippen LogP contribution < -0.4 is 15.2 Å². The quantitative estimate of drug-likeness (QED) is 0.836. The van der Waals surface area contributed by atoms with E-state index in [-0.39, 0.29) is 0 Å². The van der Waals surface area contributed by atoms with Crippen LogP contribution in [0.3, 0.4) is 0 Å². The first-order valence-electron chi connectivity index (χ1n) is 7.34. The lowest BCUT2D eigenvalue weighted by molar-refractivity contribution is 0.297. The van der Waals surface area contributed by atoms with E-state index < -0.39 is 0 Å². The van der Waals surface area contributed by atoms with Gasteiger partial charge in [-0.05, 0) is 19.3 Å². The summed E-state index contributed by atoms with van der Waals surface area (Å²) in [6.45, 7) is 1.41. The second-order valence-corrected chi connectivity index (χ2v) is 5.76. The average Bonchev–Trinajstić information content (AvgIpc) is 2.97. The number of nitrogens with one attached hydrogen (secondary N) is 1. The number of H-pyrrole nitrogens is 1. The number of aromatic nitrogens is 2. The van der Waals surface area contributed by atoms with E-state index >= 15 is 0 Å². The third-order valence-corrected chi connectivity index (χ3v) is 4.23. The molecule has 0 spiro atoms. The number of hydrogen-bond acceptors (Lipinski definition) is 4. The Balaban J connectivity index is 1.72. The first kappa shape index (κ1) is 12.0. The third-order valence-electron chi connectivity index (χ3n) is 4.23. The van der Waals surface area contributed by atoms with E-state index in [0.29, 0.717) is 25.2 Å². The normalized spacial score (nSPS) is 25.9. The van der Waals surface area contributed by atoms with E-state index in [2.05, 4.69) is 4.98 Å². The average molecular weight is 273 g/mol. The molecule has 0 bridgehead atoms. The lowest BCUT2D eigenvalue weighted by atomic mass is 10.1. The van der Waals surface area contributed by atoms with E-state index in [1.165, 1.54) is 0 Å². The van der Waals surface area contributed by atoms with Crippen LogP contribution in [-0.4, -0.2) is 29.2 Å². The maximum Gasteiger partial charge on any atom is 0.163 e. The van der Waals surface area contributed by atoms with Crippen LogP contribution in [0, 0.1) is 0 Å². The van der Waals surface area contributed by atoms with Gasteiger partial charge in [0.2, 0.25) is 0 Å². The first-order chi connectivity index (χ1) is 9.79. The number of aromatic amines is 1. The summed E-state index contributed by atoms with van der Waals surface area (Å²) in [5.41, 5.74) is 7.96. The molecule has 1 saturated carbocycles. The molecule has 5 heteroatoms. The molecule has 4 rings (SSSR count). The van der Waals surface area contributed by atoms with Crippen molar-refractivity contribution in [3.8, 4) is 11.5 Å². The summed E-state index contributed by atoms with van der Waals surface area (Å²) < 4.78 is 11.4. The Morgan fingerprint density at radius 1 is 1.15 bits per heavy atom. The molecule has 1 fully saturated rings. The van der Waals surface area contributed by atoms with Gasteiger partial charge in [-0.3, -0.25) is 0 Å². The van der Waals surface area contributed by atoms with Crippen molar-refractivity contribution in [2.75, 3.05) is 13.2 Å². The van der Waals surface area contributed by atoms with Gasteiger partial charge in [0.1, 0.15) is 5.82 Å². The highest BCUT2D eigenvalue weighted by Gasteiger charge is 2.26. The van der Waals surface area contributed by atoms with E-state index in [1.54, 1.807) is 0 Å². The minimum absolute atomic E-state index is 0.316. The maximum absolute atomic E-state index is 5.99. The van der Waals surface area contributed by atoms with Gasteiger partial charge in [0.15, 0.2) is 11.5 Å². The first-order valence-corrected chi connectivity index (χ1v) is 7.34. The fourth-order valence-electron chi connectivity index (χ4n) is 3.14. The van der Waals surface area contributed by atoms with Gasteiger partial charge in [0.25, 0.3) is 0 Å². The minimum atomic E-state index is 0.316. The topological polar surface area (TPSA) is 73.2 Å². The van der Waals surface area contributed by atoms with Crippen molar-refractivity contribution in [1.82, 2.24) is 9.97 Å². The molecule has 1 aliphatic carbocycles. The summed E-state index contributed by atoms with van der Waals surface area (Å²) >= 11 is 0. The van der Waals surface area contributed by atoms with Gasteiger partial charge < -0.3 is 20.2 Å². The predicted octanol–water partition coefficient (Wildman–Crippen LogP) is 2.32. The Hall–Kier alpha value is -1.75. The largest absolute Gasteiger partial charge is 0.489 e. The van der Waals surface area contributed by atoms with Gasteiger partial charge in [-0.15, -0.1) is 0 Å². The Bertz CT molecular complexity index is 594. The van der Waals surface area contributed by atoms with Crippen molar-refractivity contribution in [2.24, 2.45) is 5.73 Å². The molecular formula is C15H19N3O2. The predicted molar refractivity (Wildman–Crippen MR) is 76.3 cm³/mol. The minimum Gasteiger partial charge on any atom is -0.489 e. The van der Waals surface area contributed by atoms with E-state index in [9.17, 15) is 0 Å². The Kier molecular flexibility index (Phi) is 2.80. The lowest BCUT2D eigenvalue weighted by Crippen LogP contribution is -2.14. The standard InChI is InChI=1S/C15H19N3O2/c16-10-3-2-9(6-10)15-17-11-7-13-14(8-12(11)18-15)20-5-1-4-19-13/h7-10H,1-6,16H2,(H,17,18)/t9-,10+/m1/s1. The van der Waals surface area contributed by atoms with E-state index in [4.69, 9.17) is 20.2 Å². The highest BCUT2D eigenvalue weighted by atomic mass is 16.5. The molecule has 0 unspecified atom stereocenters. The Morgan fingerprint density at radius 2 is 1.95 bits per heavy atom. The van der Waals surface area contributed by atoms with Crippen molar-refractivity contribution in [3.05, 3.63) is 18.0 Å². The van der Waals surface area contributed by atoms with Crippen LogP contribution in [0.2, 0.25) is 0 Å². The molecule has 3 N–H and O–H groups in total. The highest BCUT2D eigenvalue weighted by molar-refractivity contribution is 5.80. The number of rotatable bonds is 1. The fraction of sp³-hybridized carbons (Fsp3) is 0.533. The van der Waals surface area contributed by atoms with Crippen LogP contribution in [0.15, 0.2) is 12.1 Å². The van der Waals surface area contributed by atoms with Gasteiger partial charge in [0, 0.05) is 30.5 Å². The van der Waals surface area contributed by atoms with Crippen LogP contribution in [0.4, 0.5) is 0 Å². The zero-order valence-corrected chi connectivity index (χ0v) is 11.4. The molecule has 106 valence electrons. The number of fused-ring (bicyclic) bond motifs is 2. The summed E-state index contributed by atoms with van der Waals surface area (Å²) in [4.78, 5) is 8.15. The summed E-state index contributed by atoms with van der Waals surface area (Å²) in [7, 11) is 0. The van der Waals surface area contributed by atoms with Crippen molar-refractivity contribution >= 4 is 11.0 Å². The molecule has 2 atom stereocenters. The smallest absolute Gasteiger partial charge is 0.163 e. The Labute approximate surface area is 117 Å². The summed E-state index contributed by atoms with van der Waals surface area (Å²) in [6.07, 6.45) is 4.14. The maximum atomic E-state index is 5.99. The number of nitrogens with zero attached hydrogens (tertiary/aromatic N) is 1. The van der Waals surface area contributed by atoms with Crippen molar-refractivity contribution < 1.29 is 9.47 Å². The molecule has 20 heavy (non-hydrogen) atoms. The summed E-state index contributed by atoms with van der Waals surface area (Å²) in [6, 6.07) is 4.29. The Morgan fingerprint density at radius 3 is 2.70 bits per heavy atom. The molecule has 2 aliphatic rings. The molecule has 5 nitrogen and oxygen atoms in total. The lowest BCUT2D eigenvalue weighted by Gasteiger charge is -2.05. The summed E-state index contributed by atoms with van der Waals surface area (Å²) in [5, 5.41) is 0. The van der Waals surface area contributed by atoms with Crippen molar-refractivity contribution in [3.63, 3.8) is 0 Å². The van der Waals surface area contributed by atoms with Gasteiger partial charge in [0.05, 0.1) is 24.2 Å². The second-order valence-electron chi connectivity index (χ2n) is 5.76. The number of hydrogen-bond donors (Lipinski definition) is 2. The highest BCUT2D eigenvalue weighted by Crippen LogP contribution is 2.36. The number of imidazole rings is 1. The SMILES string of the molecule is N[C@H]1CC[C@@H](c2nc3cc4c(cc3[nH]2)OCCCO4)C1. The van der Waals surface area contributed by atoms with Crippen LogP contribution in [0.25, 0.3) is 11.0 Å². The number of nitrogens with two attached hydrogens (primary N) is 1. The fourth-order valence-corrected chi connectivity index (χ4v) is 3.14. The molecule has 0 radical (unpaired) electrons. The molecule has 2 heterocycles. The van der Waals surface area contributed by atoms with Gasteiger partial charge in [-0.2, -0.15) is 0 Å². The zero-order chi connectivity index (χ0) is 13.5. The second kappa shape index (κ2) is 4.66. The summed E-state index contributed by atoms with van der Waals surface area (Å²) in [5.74, 6) is 3.12. The molecule has 0 saturated heterocycles. The third kappa shape index (κ3) is 2.02. The van der Waals surface area contributed by atoms with Crippen LogP contribution in [0.5, 0.6) is 11.5 Å². The monoisotopic (exact) mass is 273 g/mol. The number of benzene rings is 1. The van der Waals surface area contributed by atoms with Gasteiger partial charge in [-0.1, -0.05) is 0 Å². The van der Waals surface area contributed by atoms with Crippen molar-refractivity contribution in [1.29, 1.82) is 0 Å².